The predicted octanol–water partition coefficient (Wildman–Crippen LogP) is 2.82. The Bertz CT molecular complexity index is 934. The van der Waals surface area contributed by atoms with Gasteiger partial charge in [0.05, 0.1) is 31.1 Å². The van der Waals surface area contributed by atoms with Crippen molar-refractivity contribution in [2.24, 2.45) is 10.7 Å². The first-order valence-electron chi connectivity index (χ1n) is 8.92. The van der Waals surface area contributed by atoms with Crippen molar-refractivity contribution in [2.75, 3.05) is 26.4 Å². The monoisotopic (exact) mass is 438 g/mol. The lowest BCUT2D eigenvalue weighted by Gasteiger charge is -2.27. The van der Waals surface area contributed by atoms with Gasteiger partial charge in [-0.1, -0.05) is 17.7 Å². The molecule has 0 radical (unpaired) electrons. The zero-order chi connectivity index (χ0) is 20.8. The van der Waals surface area contributed by atoms with Crippen molar-refractivity contribution in [2.45, 2.75) is 13.0 Å². The van der Waals surface area contributed by atoms with Crippen molar-refractivity contribution in [1.29, 1.82) is 0 Å². The fourth-order valence-electron chi connectivity index (χ4n) is 2.81. The van der Waals surface area contributed by atoms with Crippen molar-refractivity contribution in [3.63, 3.8) is 0 Å². The van der Waals surface area contributed by atoms with Gasteiger partial charge in [0, 0.05) is 28.7 Å². The van der Waals surface area contributed by atoms with E-state index >= 15 is 0 Å². The molecule has 0 fully saturated rings. The van der Waals surface area contributed by atoms with Gasteiger partial charge in [0.15, 0.2) is 10.8 Å². The van der Waals surface area contributed by atoms with Crippen LogP contribution >= 0.6 is 22.9 Å². The Hall–Kier alpha value is -2.33. The van der Waals surface area contributed by atoms with Gasteiger partial charge in [0.25, 0.3) is 0 Å². The number of thiazole rings is 1. The predicted molar refractivity (Wildman–Crippen MR) is 109 cm³/mol. The van der Waals surface area contributed by atoms with Crippen LogP contribution in [0.4, 0.5) is 4.39 Å². The van der Waals surface area contributed by atoms with Crippen molar-refractivity contribution in [3.8, 4) is 0 Å². The van der Waals surface area contributed by atoms with Gasteiger partial charge in [-0.25, -0.2) is 14.2 Å². The van der Waals surface area contributed by atoms with Crippen LogP contribution in [0, 0.1) is 5.82 Å². The van der Waals surface area contributed by atoms with Gasteiger partial charge in [-0.3, -0.25) is 4.99 Å². The van der Waals surface area contributed by atoms with Gasteiger partial charge in [-0.2, -0.15) is 0 Å². The maximum Gasteiger partial charge on any atom is 0.338 e. The molecule has 1 atom stereocenters. The highest BCUT2D eigenvalue weighted by Crippen LogP contribution is 2.36. The maximum atomic E-state index is 13.6. The van der Waals surface area contributed by atoms with Gasteiger partial charge in [-0.05, 0) is 19.1 Å². The summed E-state index contributed by atoms with van der Waals surface area (Å²) >= 11 is 7.68. The third-order valence-electron chi connectivity index (χ3n) is 4.02. The molecule has 0 amide bonds. The molecule has 3 rings (SSSR count). The Labute approximate surface area is 176 Å². The SMILES string of the molecule is CCOC(=O)C1=C(COCCN)NC(c2nccs2)=NC1c1ccc(F)cc1Cl. The molecule has 1 unspecified atom stereocenters. The first-order valence-corrected chi connectivity index (χ1v) is 10.2. The molecule has 0 bridgehead atoms. The number of carbonyl (C=O) groups is 1. The molecule has 2 aromatic rings. The minimum atomic E-state index is -0.807. The highest BCUT2D eigenvalue weighted by molar-refractivity contribution is 7.11. The van der Waals surface area contributed by atoms with E-state index in [-0.39, 0.29) is 23.8 Å². The molecule has 0 saturated carbocycles. The number of carbonyl (C=O) groups excluding carboxylic acids is 1. The second-order valence-electron chi connectivity index (χ2n) is 5.96. The van der Waals surface area contributed by atoms with E-state index < -0.39 is 17.8 Å². The van der Waals surface area contributed by atoms with Crippen LogP contribution in [-0.2, 0) is 14.3 Å². The number of aliphatic imine (C=N–C) groups is 1. The molecular formula is C19H20ClFN4O3S. The largest absolute Gasteiger partial charge is 0.463 e. The number of rotatable bonds is 8. The van der Waals surface area contributed by atoms with Crippen molar-refractivity contribution in [3.05, 3.63) is 62.5 Å². The maximum absolute atomic E-state index is 13.6. The molecule has 2 heterocycles. The Morgan fingerprint density at radius 1 is 1.45 bits per heavy atom. The molecule has 1 aliphatic rings. The number of nitrogens with two attached hydrogens (primary N) is 1. The van der Waals surface area contributed by atoms with Gasteiger partial charge in [0.2, 0.25) is 0 Å². The molecule has 0 spiro atoms. The topological polar surface area (TPSA) is 98.8 Å². The number of aromatic nitrogens is 1. The van der Waals surface area contributed by atoms with Crippen molar-refractivity contribution in [1.82, 2.24) is 10.3 Å². The third kappa shape index (κ3) is 4.99. The Balaban J connectivity index is 2.11. The quantitative estimate of drug-likeness (QED) is 0.485. The van der Waals surface area contributed by atoms with Crippen LogP contribution in [0.15, 0.2) is 46.0 Å². The van der Waals surface area contributed by atoms with E-state index in [4.69, 9.17) is 26.8 Å². The number of esters is 1. The average molecular weight is 439 g/mol. The van der Waals surface area contributed by atoms with E-state index in [9.17, 15) is 9.18 Å². The zero-order valence-corrected chi connectivity index (χ0v) is 17.2. The van der Waals surface area contributed by atoms with E-state index in [1.165, 1.54) is 29.5 Å². The normalized spacial score (nSPS) is 16.4. The van der Waals surface area contributed by atoms with Crippen LogP contribution in [0.5, 0.6) is 0 Å². The lowest BCUT2D eigenvalue weighted by atomic mass is 9.95. The van der Waals surface area contributed by atoms with E-state index in [1.54, 1.807) is 13.1 Å². The molecule has 0 aliphatic carbocycles. The number of hydrogen-bond acceptors (Lipinski definition) is 8. The molecule has 154 valence electrons. The van der Waals surface area contributed by atoms with Crippen LogP contribution in [0.3, 0.4) is 0 Å². The molecule has 10 heteroatoms. The number of hydrogen-bond donors (Lipinski definition) is 2. The first-order chi connectivity index (χ1) is 14.0. The van der Waals surface area contributed by atoms with Crippen LogP contribution in [0.25, 0.3) is 0 Å². The van der Waals surface area contributed by atoms with E-state index in [2.05, 4.69) is 15.3 Å². The van der Waals surface area contributed by atoms with Crippen molar-refractivity contribution >= 4 is 34.7 Å². The Morgan fingerprint density at radius 3 is 2.93 bits per heavy atom. The molecule has 3 N–H and O–H groups in total. The second-order valence-corrected chi connectivity index (χ2v) is 7.26. The molecular weight excluding hydrogens is 419 g/mol. The molecule has 0 saturated heterocycles. The lowest BCUT2D eigenvalue weighted by molar-refractivity contribution is -0.139. The summed E-state index contributed by atoms with van der Waals surface area (Å²) in [6.07, 6.45) is 1.65. The molecule has 1 aromatic carbocycles. The van der Waals surface area contributed by atoms with Gasteiger partial charge >= 0.3 is 5.97 Å². The van der Waals surface area contributed by atoms with Crippen LogP contribution < -0.4 is 11.1 Å². The Morgan fingerprint density at radius 2 is 2.28 bits per heavy atom. The first kappa shape index (κ1) is 21.4. The standard InChI is InChI=1S/C19H20ClFN4O3S/c1-2-28-19(26)15-14(10-27-7-5-22)24-17(18-23-6-8-29-18)25-16(15)12-4-3-11(21)9-13(12)20/h3-4,6,8-9,16H,2,5,7,10,22H2,1H3,(H,24,25). The number of nitrogens with one attached hydrogen (secondary N) is 1. The fourth-order valence-corrected chi connectivity index (χ4v) is 3.67. The number of halogens is 2. The minimum Gasteiger partial charge on any atom is -0.463 e. The van der Waals surface area contributed by atoms with E-state index in [1.807, 2.05) is 5.38 Å². The highest BCUT2D eigenvalue weighted by atomic mass is 35.5. The highest BCUT2D eigenvalue weighted by Gasteiger charge is 2.34. The lowest BCUT2D eigenvalue weighted by Crippen LogP contribution is -2.36. The van der Waals surface area contributed by atoms with Gasteiger partial charge < -0.3 is 20.5 Å². The Kier molecular flexibility index (Phi) is 7.32. The van der Waals surface area contributed by atoms with Gasteiger partial charge in [0.1, 0.15) is 11.9 Å². The summed E-state index contributed by atoms with van der Waals surface area (Å²) in [7, 11) is 0. The second kappa shape index (κ2) is 9.93. The van der Waals surface area contributed by atoms with E-state index in [0.29, 0.717) is 35.3 Å². The number of benzene rings is 1. The third-order valence-corrected chi connectivity index (χ3v) is 5.13. The van der Waals surface area contributed by atoms with Crippen LogP contribution in [-0.4, -0.2) is 43.2 Å². The van der Waals surface area contributed by atoms with Gasteiger partial charge in [-0.15, -0.1) is 11.3 Å². The smallest absolute Gasteiger partial charge is 0.338 e. The molecule has 7 nitrogen and oxygen atoms in total. The van der Waals surface area contributed by atoms with E-state index in [0.717, 1.165) is 0 Å². The van der Waals surface area contributed by atoms with Crippen molar-refractivity contribution < 1.29 is 18.7 Å². The summed E-state index contributed by atoms with van der Waals surface area (Å²) in [5.74, 6) is -0.576. The molecule has 1 aromatic heterocycles. The fraction of sp³-hybridized carbons (Fsp3) is 0.316. The zero-order valence-electron chi connectivity index (χ0n) is 15.7. The number of ether oxygens (including phenoxy) is 2. The summed E-state index contributed by atoms with van der Waals surface area (Å²) in [5, 5.41) is 5.73. The minimum absolute atomic E-state index is 0.0883. The summed E-state index contributed by atoms with van der Waals surface area (Å²) in [4.78, 5) is 21.7. The molecule has 1 aliphatic heterocycles. The number of amidine groups is 1. The summed E-state index contributed by atoms with van der Waals surface area (Å²) in [6.45, 7) is 2.64. The number of nitrogens with zero attached hydrogens (tertiary/aromatic N) is 2. The summed E-state index contributed by atoms with van der Waals surface area (Å²) in [6, 6.07) is 3.16. The average Bonchev–Trinajstić information content (AvgIpc) is 3.22. The summed E-state index contributed by atoms with van der Waals surface area (Å²) in [5.41, 5.74) is 6.70. The molecule has 29 heavy (non-hydrogen) atoms. The summed E-state index contributed by atoms with van der Waals surface area (Å²) < 4.78 is 24.4. The van der Waals surface area contributed by atoms with Crippen LogP contribution in [0.2, 0.25) is 5.02 Å². The van der Waals surface area contributed by atoms with Crippen LogP contribution in [0.1, 0.15) is 23.5 Å².